The third kappa shape index (κ3) is 5.74. The Balaban J connectivity index is 1.21. The molecular weight excluding hydrogens is 492 g/mol. The van der Waals surface area contributed by atoms with Gasteiger partial charge in [0.2, 0.25) is 0 Å². The van der Waals surface area contributed by atoms with Crippen molar-refractivity contribution in [1.29, 1.82) is 0 Å². The molecule has 0 spiro atoms. The summed E-state index contributed by atoms with van der Waals surface area (Å²) in [5, 5.41) is 5.65. The van der Waals surface area contributed by atoms with Gasteiger partial charge >= 0.3 is 12.2 Å². The monoisotopic (exact) mass is 526 g/mol. The van der Waals surface area contributed by atoms with Gasteiger partial charge in [-0.05, 0) is 67.6 Å². The lowest BCUT2D eigenvalue weighted by molar-refractivity contribution is 0.0521. The zero-order valence-electron chi connectivity index (χ0n) is 22.8. The molecule has 0 aliphatic heterocycles. The van der Waals surface area contributed by atoms with E-state index >= 15 is 0 Å². The zero-order chi connectivity index (χ0) is 27.6. The van der Waals surface area contributed by atoms with Gasteiger partial charge in [-0.2, -0.15) is 0 Å². The van der Waals surface area contributed by atoms with Gasteiger partial charge in [0.15, 0.2) is 0 Å². The summed E-state index contributed by atoms with van der Waals surface area (Å²) in [5.74, 6) is 0.756. The normalized spacial score (nSPS) is 12.6. The highest BCUT2D eigenvalue weighted by Crippen LogP contribution is 2.44. The summed E-state index contributed by atoms with van der Waals surface area (Å²) in [6.45, 7) is 9.04. The molecule has 3 aromatic carbocycles. The van der Waals surface area contributed by atoms with Crippen molar-refractivity contribution in [3.63, 3.8) is 0 Å². The third-order valence-electron chi connectivity index (χ3n) is 6.78. The van der Waals surface area contributed by atoms with E-state index < -0.39 is 17.8 Å². The first kappa shape index (κ1) is 26.3. The van der Waals surface area contributed by atoms with E-state index in [9.17, 15) is 9.59 Å². The fraction of sp³-hybridized carbons (Fsp3) is 0.323. The van der Waals surface area contributed by atoms with Crippen LogP contribution in [0.4, 0.5) is 9.59 Å². The van der Waals surface area contributed by atoms with E-state index in [1.54, 1.807) is 0 Å². The molecule has 1 aliphatic rings. The van der Waals surface area contributed by atoms with Gasteiger partial charge in [-0.3, -0.25) is 0 Å². The molecule has 1 aromatic heterocycles. The average molecular weight is 527 g/mol. The summed E-state index contributed by atoms with van der Waals surface area (Å²) < 4.78 is 13.0. The number of nitrogens with zero attached hydrogens (tertiary/aromatic N) is 2. The molecule has 0 atom stereocenters. The van der Waals surface area contributed by atoms with Gasteiger partial charge in [-0.15, -0.1) is 0 Å². The van der Waals surface area contributed by atoms with Gasteiger partial charge < -0.3 is 24.7 Å². The van der Waals surface area contributed by atoms with E-state index in [4.69, 9.17) is 9.47 Å². The Kier molecular flexibility index (Phi) is 7.28. The summed E-state index contributed by atoms with van der Waals surface area (Å²) in [5.41, 5.74) is 6.88. The van der Waals surface area contributed by atoms with E-state index in [0.29, 0.717) is 13.1 Å². The van der Waals surface area contributed by atoms with Crippen LogP contribution in [0, 0.1) is 0 Å². The Morgan fingerprint density at radius 2 is 1.54 bits per heavy atom. The molecule has 0 unspecified atom stereocenters. The van der Waals surface area contributed by atoms with Crippen LogP contribution in [0.15, 0.2) is 66.7 Å². The van der Waals surface area contributed by atoms with Gasteiger partial charge in [-0.1, -0.05) is 54.6 Å². The van der Waals surface area contributed by atoms with Crippen LogP contribution >= 0.6 is 0 Å². The first-order chi connectivity index (χ1) is 18.7. The SMILES string of the molecule is CCn1c(CNC(=O)OC(C)(C)C)nc2ccc(CNC(=O)OCC3c4ccccc4-c4ccccc43)cc21. The minimum Gasteiger partial charge on any atom is -0.449 e. The maximum absolute atomic E-state index is 12.6. The van der Waals surface area contributed by atoms with E-state index in [2.05, 4.69) is 39.9 Å². The maximum Gasteiger partial charge on any atom is 0.408 e. The molecule has 5 rings (SSSR count). The molecule has 202 valence electrons. The van der Waals surface area contributed by atoms with E-state index in [1.807, 2.05) is 74.7 Å². The number of nitrogens with one attached hydrogen (secondary N) is 2. The fourth-order valence-corrected chi connectivity index (χ4v) is 5.11. The minimum absolute atomic E-state index is 0.0196. The van der Waals surface area contributed by atoms with Crippen molar-refractivity contribution in [1.82, 2.24) is 20.2 Å². The number of rotatable bonds is 7. The Morgan fingerprint density at radius 1 is 0.897 bits per heavy atom. The van der Waals surface area contributed by atoms with Gasteiger partial charge in [0, 0.05) is 19.0 Å². The maximum atomic E-state index is 12.6. The second-order valence-corrected chi connectivity index (χ2v) is 10.6. The van der Waals surface area contributed by atoms with Gasteiger partial charge in [0.05, 0.1) is 17.6 Å². The Bertz CT molecular complexity index is 1470. The number of amides is 2. The molecule has 8 nitrogen and oxygen atoms in total. The molecule has 1 heterocycles. The van der Waals surface area contributed by atoms with Gasteiger partial charge in [0.1, 0.15) is 18.0 Å². The van der Waals surface area contributed by atoms with Crippen molar-refractivity contribution in [2.45, 2.75) is 58.8 Å². The minimum atomic E-state index is -0.565. The Morgan fingerprint density at radius 3 is 2.18 bits per heavy atom. The van der Waals surface area contributed by atoms with Crippen LogP contribution in [0.3, 0.4) is 0 Å². The van der Waals surface area contributed by atoms with Gasteiger partial charge in [-0.25, -0.2) is 14.6 Å². The smallest absolute Gasteiger partial charge is 0.408 e. The summed E-state index contributed by atoms with van der Waals surface area (Å²) in [4.78, 5) is 29.4. The Hall–Kier alpha value is -4.33. The molecule has 2 amide bonds. The number of fused-ring (bicyclic) bond motifs is 4. The van der Waals surface area contributed by atoms with Gasteiger partial charge in [0.25, 0.3) is 0 Å². The molecule has 0 radical (unpaired) electrons. The number of hydrogen-bond acceptors (Lipinski definition) is 5. The van der Waals surface area contributed by atoms with Crippen molar-refractivity contribution in [2.24, 2.45) is 0 Å². The standard InChI is InChI=1S/C31H34N4O4/c1-5-35-27-16-20(14-15-26(27)34-28(35)18-33-30(37)39-31(2,3)4)17-32-29(36)38-19-25-23-12-8-6-10-21(23)22-11-7-9-13-24(22)25/h6-16,25H,5,17-19H2,1-4H3,(H,32,36)(H,33,37). The first-order valence-corrected chi connectivity index (χ1v) is 13.3. The average Bonchev–Trinajstić information content (AvgIpc) is 3.43. The van der Waals surface area contributed by atoms with E-state index in [0.717, 1.165) is 22.4 Å². The lowest BCUT2D eigenvalue weighted by Crippen LogP contribution is -2.32. The van der Waals surface area contributed by atoms with Crippen LogP contribution in [0.1, 0.15) is 56.1 Å². The highest BCUT2D eigenvalue weighted by atomic mass is 16.6. The molecule has 8 heteroatoms. The predicted octanol–water partition coefficient (Wildman–Crippen LogP) is 6.12. The summed E-state index contributed by atoms with van der Waals surface area (Å²) in [6, 6.07) is 22.4. The number of carbonyl (C=O) groups excluding carboxylic acids is 2. The number of ether oxygens (including phenoxy) is 2. The van der Waals surface area contributed by atoms with Crippen LogP contribution in [0.5, 0.6) is 0 Å². The second-order valence-electron chi connectivity index (χ2n) is 10.6. The molecular formula is C31H34N4O4. The van der Waals surface area contributed by atoms with Crippen LogP contribution in [0.2, 0.25) is 0 Å². The quantitative estimate of drug-likeness (QED) is 0.303. The van der Waals surface area contributed by atoms with Crippen LogP contribution in [0.25, 0.3) is 22.2 Å². The number of aromatic nitrogens is 2. The number of alkyl carbamates (subject to hydrolysis) is 2. The van der Waals surface area contributed by atoms with Crippen molar-refractivity contribution >= 4 is 23.2 Å². The van der Waals surface area contributed by atoms with Crippen LogP contribution in [-0.4, -0.2) is 33.9 Å². The molecule has 0 saturated heterocycles. The molecule has 2 N–H and O–H groups in total. The lowest BCUT2D eigenvalue weighted by Gasteiger charge is -2.19. The second kappa shape index (κ2) is 10.8. The number of hydrogen-bond donors (Lipinski definition) is 2. The summed E-state index contributed by atoms with van der Waals surface area (Å²) in [6.07, 6.45) is -0.937. The molecule has 0 fully saturated rings. The number of imidazole rings is 1. The van der Waals surface area contributed by atoms with E-state index in [-0.39, 0.29) is 19.1 Å². The number of benzene rings is 3. The lowest BCUT2D eigenvalue weighted by atomic mass is 9.98. The largest absolute Gasteiger partial charge is 0.449 e. The van der Waals surface area contributed by atoms with Crippen LogP contribution < -0.4 is 10.6 Å². The zero-order valence-corrected chi connectivity index (χ0v) is 22.8. The highest BCUT2D eigenvalue weighted by Gasteiger charge is 2.29. The molecule has 0 saturated carbocycles. The predicted molar refractivity (Wildman–Crippen MR) is 150 cm³/mol. The number of aryl methyl sites for hydroxylation is 1. The van der Waals surface area contributed by atoms with E-state index in [1.165, 1.54) is 22.3 Å². The van der Waals surface area contributed by atoms with Crippen molar-refractivity contribution in [3.05, 3.63) is 89.2 Å². The first-order valence-electron chi connectivity index (χ1n) is 13.3. The third-order valence-corrected chi connectivity index (χ3v) is 6.78. The van der Waals surface area contributed by atoms with Crippen molar-refractivity contribution < 1.29 is 19.1 Å². The summed E-state index contributed by atoms with van der Waals surface area (Å²) >= 11 is 0. The molecule has 1 aliphatic carbocycles. The molecule has 4 aromatic rings. The fourth-order valence-electron chi connectivity index (χ4n) is 5.11. The van der Waals surface area contributed by atoms with Crippen LogP contribution in [-0.2, 0) is 29.1 Å². The Labute approximate surface area is 228 Å². The highest BCUT2D eigenvalue weighted by molar-refractivity contribution is 5.79. The summed E-state index contributed by atoms with van der Waals surface area (Å²) in [7, 11) is 0. The molecule has 39 heavy (non-hydrogen) atoms. The topological polar surface area (TPSA) is 94.5 Å². The molecule has 0 bridgehead atoms. The van der Waals surface area contributed by atoms with Crippen molar-refractivity contribution in [2.75, 3.05) is 6.61 Å². The van der Waals surface area contributed by atoms with Crippen molar-refractivity contribution in [3.8, 4) is 11.1 Å². The number of carbonyl (C=O) groups is 2.